The van der Waals surface area contributed by atoms with Gasteiger partial charge in [0.25, 0.3) is 0 Å². The first-order chi connectivity index (χ1) is 31.1. The molecule has 0 saturated carbocycles. The fourth-order valence-electron chi connectivity index (χ4n) is 8.60. The molecule has 296 valence electrons. The molecule has 0 aliphatic rings. The van der Waals surface area contributed by atoms with Crippen molar-refractivity contribution >= 4 is 76.7 Å². The van der Waals surface area contributed by atoms with Gasteiger partial charge in [0.15, 0.2) is 23.3 Å². The van der Waals surface area contributed by atoms with Crippen molar-refractivity contribution < 1.29 is 4.42 Å². The van der Waals surface area contributed by atoms with Gasteiger partial charge in [0.1, 0.15) is 11.2 Å². The summed E-state index contributed by atoms with van der Waals surface area (Å²) in [4.78, 5) is 21.3. The van der Waals surface area contributed by atoms with Gasteiger partial charge in [-0.1, -0.05) is 127 Å². The summed E-state index contributed by atoms with van der Waals surface area (Å²) < 4.78 is 9.91. The lowest BCUT2D eigenvalue weighted by Gasteiger charge is -2.11. The fourth-order valence-corrected chi connectivity index (χ4v) is 9.68. The van der Waals surface area contributed by atoms with E-state index in [1.54, 1.807) is 11.3 Å². The van der Waals surface area contributed by atoms with E-state index in [1.165, 1.54) is 15.5 Å². The smallest absolute Gasteiger partial charge is 0.164 e. The molecular weight excluding hydrogens is 793 g/mol. The zero-order valence-electron chi connectivity index (χ0n) is 33.6. The summed E-state index contributed by atoms with van der Waals surface area (Å²) in [5.41, 5.74) is 9.66. The second-order valence-corrected chi connectivity index (χ2v) is 16.5. The molecule has 63 heavy (non-hydrogen) atoms. The molecule has 7 nitrogen and oxygen atoms in total. The number of rotatable bonds is 7. The van der Waals surface area contributed by atoms with Gasteiger partial charge < -0.3 is 8.98 Å². The van der Waals surface area contributed by atoms with Crippen molar-refractivity contribution in [1.29, 1.82) is 5.41 Å². The van der Waals surface area contributed by atoms with Crippen LogP contribution in [0.4, 0.5) is 0 Å². The van der Waals surface area contributed by atoms with Crippen molar-refractivity contribution in [3.8, 4) is 39.9 Å². The Bertz CT molecular complexity index is 3670. The van der Waals surface area contributed by atoms with Crippen LogP contribution in [0.25, 0.3) is 93.7 Å². The number of para-hydroxylation sites is 2. The first kappa shape index (κ1) is 36.5. The third-order valence-corrected chi connectivity index (χ3v) is 12.7. The zero-order valence-corrected chi connectivity index (χ0v) is 34.4. The number of thiophene rings is 1. The monoisotopic (exact) mass is 826 g/mol. The predicted octanol–water partition coefficient (Wildman–Crippen LogP) is 13.9. The maximum absolute atomic E-state index is 9.53. The van der Waals surface area contributed by atoms with Crippen molar-refractivity contribution in [3.63, 3.8) is 0 Å². The summed E-state index contributed by atoms with van der Waals surface area (Å²) in [6.07, 6.45) is 0. The van der Waals surface area contributed by atoms with Crippen molar-refractivity contribution in [3.05, 3.63) is 216 Å². The van der Waals surface area contributed by atoms with Crippen molar-refractivity contribution in [2.45, 2.75) is 0 Å². The van der Waals surface area contributed by atoms with Gasteiger partial charge >= 0.3 is 0 Å². The number of furan rings is 1. The minimum absolute atomic E-state index is 0.142. The number of fused-ring (bicyclic) bond motifs is 7. The van der Waals surface area contributed by atoms with E-state index in [1.807, 2.05) is 97.1 Å². The molecular formula is C55H34N6OS. The van der Waals surface area contributed by atoms with Crippen LogP contribution in [-0.4, -0.2) is 31.1 Å². The molecule has 8 aromatic carbocycles. The van der Waals surface area contributed by atoms with E-state index in [0.29, 0.717) is 34.2 Å². The molecule has 4 heterocycles. The molecule has 0 radical (unpaired) electrons. The highest BCUT2D eigenvalue weighted by atomic mass is 32.1. The van der Waals surface area contributed by atoms with E-state index in [-0.39, 0.29) is 5.84 Å². The van der Waals surface area contributed by atoms with E-state index >= 15 is 0 Å². The molecule has 12 rings (SSSR count). The summed E-state index contributed by atoms with van der Waals surface area (Å²) in [6, 6.07) is 67.9. The number of aliphatic imine (C=N–C) groups is 1. The topological polar surface area (TPSA) is 93.0 Å². The lowest BCUT2D eigenvalue weighted by Crippen LogP contribution is -2.06. The van der Waals surface area contributed by atoms with Crippen LogP contribution in [0, 0.1) is 5.41 Å². The zero-order chi connectivity index (χ0) is 41.9. The molecule has 0 fully saturated rings. The maximum atomic E-state index is 9.53. The summed E-state index contributed by atoms with van der Waals surface area (Å²) in [7, 11) is 0. The average Bonchev–Trinajstić information content (AvgIpc) is 4.05. The second-order valence-electron chi connectivity index (χ2n) is 15.4. The van der Waals surface area contributed by atoms with Gasteiger partial charge in [0.2, 0.25) is 0 Å². The van der Waals surface area contributed by atoms with Crippen molar-refractivity contribution in [1.82, 2.24) is 19.5 Å². The summed E-state index contributed by atoms with van der Waals surface area (Å²) in [6.45, 7) is 0. The highest BCUT2D eigenvalue weighted by Gasteiger charge is 2.20. The Balaban J connectivity index is 0.972. The standard InChI is InChI=1S/C55H34N6OS/c56-52(57-51(34-14-3-1-4-15-34)49-33-37-18-7-12-25-48(37)63-49)42-21-13-24-47-50(42)43-32-38(28-31-46(43)62-47)55-59-53(35-16-5-2-6-17-35)58-54(60-55)36-26-29-39(30-27-36)61-44-22-10-8-19-40(44)41-20-9-11-23-45(41)61/h1-33,56H. The Labute approximate surface area is 365 Å². The van der Waals surface area contributed by atoms with Gasteiger partial charge in [-0.3, -0.25) is 5.41 Å². The Morgan fingerprint density at radius 1 is 0.508 bits per heavy atom. The van der Waals surface area contributed by atoms with Gasteiger partial charge in [-0.2, -0.15) is 0 Å². The minimum atomic E-state index is 0.142. The molecule has 0 aliphatic heterocycles. The largest absolute Gasteiger partial charge is 0.456 e. The lowest BCUT2D eigenvalue weighted by molar-refractivity contribution is 0.669. The van der Waals surface area contributed by atoms with Crippen LogP contribution < -0.4 is 0 Å². The van der Waals surface area contributed by atoms with Crippen molar-refractivity contribution in [2.24, 2.45) is 4.99 Å². The van der Waals surface area contributed by atoms with Crippen LogP contribution in [0.2, 0.25) is 0 Å². The van der Waals surface area contributed by atoms with E-state index in [9.17, 15) is 5.41 Å². The molecule has 0 amide bonds. The number of amidine groups is 1. The van der Waals surface area contributed by atoms with E-state index < -0.39 is 0 Å². The number of hydrogen-bond acceptors (Lipinski definition) is 6. The molecule has 1 N–H and O–H groups in total. The molecule has 0 unspecified atom stereocenters. The highest BCUT2D eigenvalue weighted by molar-refractivity contribution is 7.21. The number of benzene rings is 8. The van der Waals surface area contributed by atoms with E-state index in [0.717, 1.165) is 65.7 Å². The molecule has 0 aliphatic carbocycles. The number of nitrogens with one attached hydrogen (secondary N) is 1. The molecule has 8 heteroatoms. The van der Waals surface area contributed by atoms with Gasteiger partial charge in [-0.25, -0.2) is 19.9 Å². The van der Waals surface area contributed by atoms with Gasteiger partial charge in [-0.15, -0.1) is 11.3 Å². The van der Waals surface area contributed by atoms with Gasteiger partial charge in [0, 0.05) is 59.7 Å². The quantitative estimate of drug-likeness (QED) is 0.128. The SMILES string of the molecule is N=C(N=C(c1ccccc1)c1cc2ccccc2s1)c1cccc2oc3ccc(-c4nc(-c5ccccc5)nc(-c5ccc(-n6c7ccccc7c7ccccc76)cc5)n4)cc3c12. The van der Waals surface area contributed by atoms with E-state index in [4.69, 9.17) is 24.4 Å². The molecule has 0 spiro atoms. The van der Waals surface area contributed by atoms with Crippen molar-refractivity contribution in [2.75, 3.05) is 0 Å². The number of hydrogen-bond donors (Lipinski definition) is 1. The number of aromatic nitrogens is 4. The van der Waals surface area contributed by atoms with Gasteiger partial charge in [0.05, 0.1) is 21.6 Å². The minimum Gasteiger partial charge on any atom is -0.456 e. The van der Waals surface area contributed by atoms with Crippen LogP contribution in [0.15, 0.2) is 210 Å². The first-order valence-electron chi connectivity index (χ1n) is 20.7. The normalized spacial score (nSPS) is 12.0. The second kappa shape index (κ2) is 15.0. The van der Waals surface area contributed by atoms with Crippen LogP contribution in [0.5, 0.6) is 0 Å². The third kappa shape index (κ3) is 6.40. The number of nitrogens with zero attached hydrogens (tertiary/aromatic N) is 5. The molecule has 0 saturated heterocycles. The van der Waals surface area contributed by atoms with Gasteiger partial charge in [-0.05, 0) is 78.2 Å². The average molecular weight is 827 g/mol. The Morgan fingerprint density at radius 3 is 1.83 bits per heavy atom. The summed E-state index contributed by atoms with van der Waals surface area (Å²) in [5, 5.41) is 14.8. The molecule has 12 aromatic rings. The van der Waals surface area contributed by atoms with Crippen LogP contribution >= 0.6 is 11.3 Å². The fraction of sp³-hybridized carbons (Fsp3) is 0. The highest BCUT2D eigenvalue weighted by Crippen LogP contribution is 2.37. The predicted molar refractivity (Wildman–Crippen MR) is 258 cm³/mol. The summed E-state index contributed by atoms with van der Waals surface area (Å²) in [5.74, 6) is 1.81. The molecule has 4 aromatic heterocycles. The third-order valence-electron chi connectivity index (χ3n) is 11.6. The Morgan fingerprint density at radius 2 is 1.11 bits per heavy atom. The van der Waals surface area contributed by atoms with Crippen LogP contribution in [-0.2, 0) is 0 Å². The Kier molecular flexibility index (Phi) is 8.69. The summed E-state index contributed by atoms with van der Waals surface area (Å²) >= 11 is 1.68. The first-order valence-corrected chi connectivity index (χ1v) is 21.5. The van der Waals surface area contributed by atoms with E-state index in [2.05, 4.69) is 108 Å². The van der Waals surface area contributed by atoms with Crippen LogP contribution in [0.3, 0.4) is 0 Å². The molecule has 0 atom stereocenters. The lowest BCUT2D eigenvalue weighted by atomic mass is 10.0. The Hall–Kier alpha value is -8.33. The van der Waals surface area contributed by atoms with Crippen LogP contribution in [0.1, 0.15) is 16.0 Å². The maximum Gasteiger partial charge on any atom is 0.164 e. The molecule has 0 bridgehead atoms.